The van der Waals surface area contributed by atoms with Gasteiger partial charge in [-0.2, -0.15) is 0 Å². The van der Waals surface area contributed by atoms with Crippen LogP contribution in [0.1, 0.15) is 41.8 Å². The summed E-state index contributed by atoms with van der Waals surface area (Å²) in [6.45, 7) is 9.02. The quantitative estimate of drug-likeness (QED) is 0.696. The van der Waals surface area contributed by atoms with Gasteiger partial charge in [0.25, 0.3) is 0 Å². The highest BCUT2D eigenvalue weighted by molar-refractivity contribution is 7.19. The van der Waals surface area contributed by atoms with Crippen molar-refractivity contribution in [2.24, 2.45) is 0 Å². The summed E-state index contributed by atoms with van der Waals surface area (Å²) in [5.41, 5.74) is 4.50. The van der Waals surface area contributed by atoms with Crippen LogP contribution in [0.15, 0.2) is 12.1 Å². The van der Waals surface area contributed by atoms with Crippen molar-refractivity contribution in [1.82, 2.24) is 0 Å². The van der Waals surface area contributed by atoms with E-state index in [1.807, 2.05) is 11.3 Å². The molecule has 86 valence electrons. The summed E-state index contributed by atoms with van der Waals surface area (Å²) in [6.07, 6.45) is 3.65. The molecule has 0 spiro atoms. The van der Waals surface area contributed by atoms with Crippen LogP contribution in [0.5, 0.6) is 0 Å². The maximum Gasteiger partial charge on any atom is 0.0351 e. The van der Waals surface area contributed by atoms with Crippen LogP contribution in [0.2, 0.25) is 0 Å². The van der Waals surface area contributed by atoms with E-state index in [0.29, 0.717) is 0 Å². The van der Waals surface area contributed by atoms with Gasteiger partial charge in [-0.3, -0.25) is 0 Å². The lowest BCUT2D eigenvalue weighted by molar-refractivity contribution is 0.923. The van der Waals surface area contributed by atoms with Gasteiger partial charge in [0.05, 0.1) is 0 Å². The van der Waals surface area contributed by atoms with Crippen molar-refractivity contribution < 1.29 is 0 Å². The topological polar surface area (TPSA) is 0 Å². The van der Waals surface area contributed by atoms with Crippen LogP contribution in [-0.2, 0) is 12.8 Å². The highest BCUT2D eigenvalue weighted by atomic mass is 32.1. The third kappa shape index (κ3) is 1.78. The Hall–Kier alpha value is -0.820. The van der Waals surface area contributed by atoms with Gasteiger partial charge in [-0.05, 0) is 54.8 Å². The van der Waals surface area contributed by atoms with E-state index in [1.54, 1.807) is 10.4 Å². The van der Waals surface area contributed by atoms with Crippen molar-refractivity contribution in [3.8, 4) is 0 Å². The van der Waals surface area contributed by atoms with Crippen LogP contribution >= 0.6 is 11.3 Å². The van der Waals surface area contributed by atoms with Gasteiger partial charge in [-0.1, -0.05) is 26.3 Å². The van der Waals surface area contributed by atoms with Crippen molar-refractivity contribution in [3.63, 3.8) is 0 Å². The van der Waals surface area contributed by atoms with Crippen LogP contribution < -0.4 is 0 Å². The van der Waals surface area contributed by atoms with Gasteiger partial charge in [0.1, 0.15) is 0 Å². The summed E-state index contributed by atoms with van der Waals surface area (Å²) < 4.78 is 1.48. The summed E-state index contributed by atoms with van der Waals surface area (Å²) in [4.78, 5) is 1.61. The van der Waals surface area contributed by atoms with E-state index in [2.05, 4.69) is 39.8 Å². The van der Waals surface area contributed by atoms with E-state index in [-0.39, 0.29) is 0 Å². The van der Waals surface area contributed by atoms with Gasteiger partial charge >= 0.3 is 0 Å². The standard InChI is InChI=1S/C15H20S/c1-5-7-13-12(6-2)15-11(4)10(3)8-9-14(15)16-13/h8-9H,5-7H2,1-4H3. The van der Waals surface area contributed by atoms with E-state index in [0.717, 1.165) is 0 Å². The molecule has 0 bridgehead atoms. The molecule has 0 fully saturated rings. The second-order valence-corrected chi connectivity index (χ2v) is 5.62. The number of rotatable bonds is 3. The molecule has 0 radical (unpaired) electrons. The fourth-order valence-corrected chi connectivity index (χ4v) is 3.84. The normalized spacial score (nSPS) is 11.2. The number of benzene rings is 1. The Morgan fingerprint density at radius 2 is 1.88 bits per heavy atom. The fraction of sp³-hybridized carbons (Fsp3) is 0.467. The van der Waals surface area contributed by atoms with E-state index in [1.165, 1.54) is 40.5 Å². The second kappa shape index (κ2) is 4.58. The number of hydrogen-bond acceptors (Lipinski definition) is 1. The van der Waals surface area contributed by atoms with Crippen LogP contribution in [-0.4, -0.2) is 0 Å². The molecule has 1 heterocycles. The Bertz CT molecular complexity index is 506. The SMILES string of the molecule is CCCc1sc2ccc(C)c(C)c2c1CC. The van der Waals surface area contributed by atoms with Crippen molar-refractivity contribution in [2.45, 2.75) is 47.0 Å². The third-order valence-corrected chi connectivity index (χ3v) is 4.66. The minimum atomic E-state index is 1.17. The molecule has 0 amide bonds. The van der Waals surface area contributed by atoms with Gasteiger partial charge in [-0.25, -0.2) is 0 Å². The number of thiophene rings is 1. The highest BCUT2D eigenvalue weighted by Gasteiger charge is 2.12. The highest BCUT2D eigenvalue weighted by Crippen LogP contribution is 2.35. The van der Waals surface area contributed by atoms with Gasteiger partial charge in [0.2, 0.25) is 0 Å². The monoisotopic (exact) mass is 232 g/mol. The first-order chi connectivity index (χ1) is 7.69. The first-order valence-corrected chi connectivity index (χ1v) is 7.01. The van der Waals surface area contributed by atoms with Crippen molar-refractivity contribution >= 4 is 21.4 Å². The summed E-state index contributed by atoms with van der Waals surface area (Å²) in [6, 6.07) is 4.55. The van der Waals surface area contributed by atoms with E-state index < -0.39 is 0 Å². The van der Waals surface area contributed by atoms with Crippen molar-refractivity contribution in [1.29, 1.82) is 0 Å². The molecule has 2 rings (SSSR count). The van der Waals surface area contributed by atoms with Crippen molar-refractivity contribution in [2.75, 3.05) is 0 Å². The Balaban J connectivity index is 2.73. The Kier molecular flexibility index (Phi) is 3.34. The van der Waals surface area contributed by atoms with Gasteiger partial charge in [-0.15, -0.1) is 11.3 Å². The minimum absolute atomic E-state index is 1.17. The molecule has 1 aromatic heterocycles. The molecule has 16 heavy (non-hydrogen) atoms. The first-order valence-electron chi connectivity index (χ1n) is 6.19. The molecule has 0 aliphatic carbocycles. The predicted octanol–water partition coefficient (Wildman–Crippen LogP) is 5.03. The molecular weight excluding hydrogens is 212 g/mol. The molecule has 1 aromatic carbocycles. The number of aryl methyl sites for hydroxylation is 4. The summed E-state index contributed by atoms with van der Waals surface area (Å²) >= 11 is 2.00. The minimum Gasteiger partial charge on any atom is -0.140 e. The molecule has 0 N–H and O–H groups in total. The molecule has 1 heteroatoms. The van der Waals surface area contributed by atoms with E-state index in [4.69, 9.17) is 0 Å². The first kappa shape index (κ1) is 11.7. The van der Waals surface area contributed by atoms with Crippen LogP contribution in [0.25, 0.3) is 10.1 Å². The largest absolute Gasteiger partial charge is 0.140 e. The summed E-state index contributed by atoms with van der Waals surface area (Å²) in [5, 5.41) is 1.54. The smallest absolute Gasteiger partial charge is 0.0351 e. The van der Waals surface area contributed by atoms with Gasteiger partial charge in [0.15, 0.2) is 0 Å². The van der Waals surface area contributed by atoms with Gasteiger partial charge in [0, 0.05) is 9.58 Å². The van der Waals surface area contributed by atoms with Crippen LogP contribution in [0, 0.1) is 13.8 Å². The second-order valence-electron chi connectivity index (χ2n) is 4.49. The summed E-state index contributed by atoms with van der Waals surface area (Å²) in [5.74, 6) is 0. The third-order valence-electron chi connectivity index (χ3n) is 3.40. The molecule has 0 saturated heterocycles. The molecule has 0 nitrogen and oxygen atoms in total. The summed E-state index contributed by atoms with van der Waals surface area (Å²) in [7, 11) is 0. The maximum atomic E-state index is 2.29. The molecule has 0 aliphatic heterocycles. The van der Waals surface area contributed by atoms with Crippen LogP contribution in [0.3, 0.4) is 0 Å². The van der Waals surface area contributed by atoms with E-state index >= 15 is 0 Å². The molecule has 0 saturated carbocycles. The van der Waals surface area contributed by atoms with E-state index in [9.17, 15) is 0 Å². The number of hydrogen-bond donors (Lipinski definition) is 0. The lowest BCUT2D eigenvalue weighted by Gasteiger charge is -2.04. The Morgan fingerprint density at radius 1 is 1.12 bits per heavy atom. The predicted molar refractivity (Wildman–Crippen MR) is 74.7 cm³/mol. The molecule has 0 atom stereocenters. The van der Waals surface area contributed by atoms with Crippen LogP contribution in [0.4, 0.5) is 0 Å². The molecular formula is C15H20S. The average molecular weight is 232 g/mol. The zero-order chi connectivity index (χ0) is 11.7. The lowest BCUT2D eigenvalue weighted by Crippen LogP contribution is -1.88. The molecule has 0 unspecified atom stereocenters. The Morgan fingerprint density at radius 3 is 2.50 bits per heavy atom. The van der Waals surface area contributed by atoms with Crippen molar-refractivity contribution in [3.05, 3.63) is 33.7 Å². The Labute approximate surface area is 102 Å². The maximum absolute atomic E-state index is 2.29. The molecule has 0 aliphatic rings. The average Bonchev–Trinajstić information content (AvgIpc) is 2.62. The zero-order valence-electron chi connectivity index (χ0n) is 10.7. The zero-order valence-corrected chi connectivity index (χ0v) is 11.5. The molecule has 2 aromatic rings. The fourth-order valence-electron chi connectivity index (χ4n) is 2.39. The van der Waals surface area contributed by atoms with Gasteiger partial charge < -0.3 is 0 Å². The number of fused-ring (bicyclic) bond motifs is 1. The lowest BCUT2D eigenvalue weighted by atomic mass is 9.99.